The molecule has 2 saturated heterocycles. The number of hydrogen-bond acceptors (Lipinski definition) is 7. The molecule has 1 unspecified atom stereocenters. The maximum atomic E-state index is 13.4. The lowest BCUT2D eigenvalue weighted by molar-refractivity contribution is -0.128. The second kappa shape index (κ2) is 10.2. The first-order chi connectivity index (χ1) is 17.7. The molecule has 2 heterocycles. The molecule has 2 N–H and O–H groups in total. The molecular formula is C28H40BN3O6. The predicted molar refractivity (Wildman–Crippen MR) is 142 cm³/mol. The highest BCUT2D eigenvalue weighted by atomic mass is 16.7. The summed E-state index contributed by atoms with van der Waals surface area (Å²) in [7, 11) is -0.612. The minimum absolute atomic E-state index is 0.0132. The molecular weight excluding hydrogens is 485 g/mol. The summed E-state index contributed by atoms with van der Waals surface area (Å²) in [5, 5.41) is 22.8. The number of ether oxygens (including phenoxy) is 1. The highest BCUT2D eigenvalue weighted by Gasteiger charge is 2.53. The number of piperidine rings is 1. The van der Waals surface area contributed by atoms with Crippen LogP contribution in [0.2, 0.25) is 0 Å². The minimum Gasteiger partial charge on any atom is -0.444 e. The van der Waals surface area contributed by atoms with Crippen LogP contribution >= 0.6 is 0 Å². The molecule has 0 aromatic heterocycles. The van der Waals surface area contributed by atoms with Gasteiger partial charge in [-0.15, -0.1) is 0 Å². The van der Waals surface area contributed by atoms with E-state index in [2.05, 4.69) is 11.4 Å². The summed E-state index contributed by atoms with van der Waals surface area (Å²) >= 11 is 0. The van der Waals surface area contributed by atoms with Gasteiger partial charge in [0.15, 0.2) is 0 Å². The second-order valence-electron chi connectivity index (χ2n) is 12.7. The Balaban J connectivity index is 1.46. The van der Waals surface area contributed by atoms with Gasteiger partial charge in [0.25, 0.3) is 0 Å². The first-order valence-corrected chi connectivity index (χ1v) is 13.5. The van der Waals surface area contributed by atoms with Crippen LogP contribution in [0.4, 0.5) is 4.79 Å². The van der Waals surface area contributed by atoms with Gasteiger partial charge in [0.05, 0.1) is 23.9 Å². The van der Waals surface area contributed by atoms with Crippen molar-refractivity contribution in [2.45, 2.75) is 116 Å². The van der Waals surface area contributed by atoms with Gasteiger partial charge in [-0.1, -0.05) is 18.2 Å². The molecule has 1 aliphatic carbocycles. The van der Waals surface area contributed by atoms with Gasteiger partial charge in [-0.3, -0.25) is 9.69 Å². The molecule has 206 valence electrons. The molecule has 9 nitrogen and oxygen atoms in total. The summed E-state index contributed by atoms with van der Waals surface area (Å²) in [6.45, 7) is 13.1. The van der Waals surface area contributed by atoms with E-state index in [1.165, 1.54) is 0 Å². The van der Waals surface area contributed by atoms with Crippen LogP contribution < -0.4 is 10.8 Å². The normalized spacial score (nSPS) is 26.2. The third kappa shape index (κ3) is 5.56. The first kappa shape index (κ1) is 28.4. The smallest absolute Gasteiger partial charge is 0.444 e. The van der Waals surface area contributed by atoms with Crippen molar-refractivity contribution in [1.82, 2.24) is 10.2 Å². The molecule has 3 aliphatic rings. The molecule has 0 spiro atoms. The molecule has 1 aromatic rings. The van der Waals surface area contributed by atoms with Crippen molar-refractivity contribution in [2.24, 2.45) is 5.92 Å². The van der Waals surface area contributed by atoms with Crippen molar-refractivity contribution >= 4 is 24.6 Å². The minimum atomic E-state index is -0.795. The monoisotopic (exact) mass is 525 g/mol. The van der Waals surface area contributed by atoms with Crippen LogP contribution in [0.5, 0.6) is 0 Å². The number of amides is 2. The molecule has 1 saturated carbocycles. The maximum absolute atomic E-state index is 13.4. The molecule has 10 heteroatoms. The number of aliphatic hydroxyl groups is 1. The highest BCUT2D eigenvalue weighted by Crippen LogP contribution is 2.43. The summed E-state index contributed by atoms with van der Waals surface area (Å²) in [5.41, 5.74) is 0.498. The Morgan fingerprint density at radius 1 is 1.24 bits per heavy atom. The second-order valence-corrected chi connectivity index (χ2v) is 12.7. The quantitative estimate of drug-likeness (QED) is 0.548. The van der Waals surface area contributed by atoms with Crippen molar-refractivity contribution in [3.8, 4) is 6.07 Å². The van der Waals surface area contributed by atoms with E-state index in [1.54, 1.807) is 25.7 Å². The molecule has 4 rings (SSSR count). The highest BCUT2D eigenvalue weighted by molar-refractivity contribution is 6.62. The molecule has 1 aromatic carbocycles. The van der Waals surface area contributed by atoms with Crippen LogP contribution in [0.1, 0.15) is 78.9 Å². The van der Waals surface area contributed by atoms with Crippen molar-refractivity contribution in [2.75, 3.05) is 0 Å². The Morgan fingerprint density at radius 2 is 1.89 bits per heavy atom. The Bertz CT molecular complexity index is 1110. The van der Waals surface area contributed by atoms with Crippen LogP contribution in [0.25, 0.3) is 0 Å². The van der Waals surface area contributed by atoms with Crippen molar-refractivity contribution in [3.63, 3.8) is 0 Å². The van der Waals surface area contributed by atoms with Crippen LogP contribution in [0.15, 0.2) is 18.2 Å². The largest absolute Gasteiger partial charge is 0.495 e. The summed E-state index contributed by atoms with van der Waals surface area (Å²) in [6, 6.07) is 6.26. The topological polar surface area (TPSA) is 121 Å². The molecule has 2 amide bonds. The van der Waals surface area contributed by atoms with Gasteiger partial charge in [0.1, 0.15) is 17.7 Å². The van der Waals surface area contributed by atoms with Gasteiger partial charge in [-0.25, -0.2) is 4.79 Å². The lowest BCUT2D eigenvalue weighted by atomic mass is 9.75. The average molecular weight is 525 g/mol. The number of rotatable bonds is 6. The Labute approximate surface area is 225 Å². The Hall–Kier alpha value is -2.61. The van der Waals surface area contributed by atoms with E-state index in [1.807, 2.05) is 45.9 Å². The number of nitrogens with one attached hydrogen (secondary N) is 1. The number of hydrogen-bond donors (Lipinski definition) is 2. The van der Waals surface area contributed by atoms with Gasteiger partial charge in [-0.2, -0.15) is 5.26 Å². The van der Waals surface area contributed by atoms with Crippen molar-refractivity contribution in [3.05, 3.63) is 29.3 Å². The number of nitrogens with zero attached hydrogens (tertiary/aromatic N) is 2. The molecule has 0 radical (unpaired) electrons. The van der Waals surface area contributed by atoms with Crippen molar-refractivity contribution in [1.29, 1.82) is 5.26 Å². The van der Waals surface area contributed by atoms with Gasteiger partial charge in [0.2, 0.25) is 5.91 Å². The van der Waals surface area contributed by atoms with E-state index in [0.29, 0.717) is 5.56 Å². The first-order valence-electron chi connectivity index (χ1n) is 13.5. The van der Waals surface area contributed by atoms with E-state index >= 15 is 0 Å². The zero-order valence-corrected chi connectivity index (χ0v) is 23.5. The van der Waals surface area contributed by atoms with E-state index in [9.17, 15) is 20.0 Å². The number of carbonyl (C=O) groups excluding carboxylic acids is 2. The number of benzene rings is 1. The molecule has 2 bridgehead atoms. The summed E-state index contributed by atoms with van der Waals surface area (Å²) in [4.78, 5) is 27.9. The summed E-state index contributed by atoms with van der Waals surface area (Å²) < 4.78 is 17.9. The number of fused-ring (bicyclic) bond motifs is 2. The lowest BCUT2D eigenvalue weighted by Crippen LogP contribution is -2.55. The lowest BCUT2D eigenvalue weighted by Gasteiger charge is -2.35. The fraction of sp³-hybridized carbons (Fsp3) is 0.679. The summed E-state index contributed by atoms with van der Waals surface area (Å²) in [5.74, 6) is -0.266. The SMILES string of the molecule is CC(C)(C)OC(=O)N1[C@@H]2CC[C@@H](C2)[C@H]1C(=O)NC(C#N)Cc1ccc(B2OC(C)(C)C(C)(C)O2)c(CO)c1. The van der Waals surface area contributed by atoms with E-state index in [4.69, 9.17) is 14.0 Å². The zero-order chi connectivity index (χ0) is 28.0. The van der Waals surface area contributed by atoms with Crippen LogP contribution in [0.3, 0.4) is 0 Å². The Kier molecular flexibility index (Phi) is 7.61. The maximum Gasteiger partial charge on any atom is 0.495 e. The van der Waals surface area contributed by atoms with E-state index < -0.39 is 42.1 Å². The van der Waals surface area contributed by atoms with Gasteiger partial charge < -0.3 is 24.5 Å². The number of nitriles is 1. The fourth-order valence-corrected chi connectivity index (χ4v) is 5.65. The third-order valence-corrected chi connectivity index (χ3v) is 8.26. The predicted octanol–water partition coefficient (Wildman–Crippen LogP) is 2.82. The van der Waals surface area contributed by atoms with Gasteiger partial charge in [0, 0.05) is 12.5 Å². The summed E-state index contributed by atoms with van der Waals surface area (Å²) in [6.07, 6.45) is 2.28. The van der Waals surface area contributed by atoms with Crippen molar-refractivity contribution < 1.29 is 28.7 Å². The Morgan fingerprint density at radius 3 is 2.47 bits per heavy atom. The average Bonchev–Trinajstić information content (AvgIpc) is 3.48. The number of likely N-dealkylation sites (tertiary alicyclic amines) is 1. The van der Waals surface area contributed by atoms with E-state index in [-0.39, 0.29) is 30.9 Å². The van der Waals surface area contributed by atoms with Crippen LogP contribution in [-0.4, -0.2) is 64.1 Å². The molecule has 3 fully saturated rings. The van der Waals surface area contributed by atoms with Gasteiger partial charge >= 0.3 is 13.2 Å². The van der Waals surface area contributed by atoms with Gasteiger partial charge in [-0.05, 0) is 90.2 Å². The van der Waals surface area contributed by atoms with Crippen LogP contribution in [0, 0.1) is 17.2 Å². The molecule has 2 aliphatic heterocycles. The number of carbonyl (C=O) groups is 2. The zero-order valence-electron chi connectivity index (χ0n) is 23.5. The molecule has 4 atom stereocenters. The molecule has 38 heavy (non-hydrogen) atoms. The number of aliphatic hydroxyl groups excluding tert-OH is 1. The standard InChI is InChI=1S/C28H40BN3O6/c1-26(2,3)36-25(35)32-21-10-9-18(14-21)23(32)24(34)31-20(15-30)13-17-8-11-22(19(12-17)16-33)29-37-27(4,5)28(6,7)38-29/h8,11-12,18,20-21,23,33H,9-10,13-14,16H2,1-7H3,(H,31,34)/t18-,20?,21+,23-/m0/s1. The van der Waals surface area contributed by atoms with Crippen LogP contribution in [-0.2, 0) is 31.9 Å². The van der Waals surface area contributed by atoms with E-state index in [0.717, 1.165) is 30.3 Å². The fourth-order valence-electron chi connectivity index (χ4n) is 5.65. The third-order valence-electron chi connectivity index (χ3n) is 8.26.